The lowest BCUT2D eigenvalue weighted by molar-refractivity contribution is -0.119. The maximum absolute atomic E-state index is 12.3. The van der Waals surface area contributed by atoms with E-state index in [2.05, 4.69) is 20.3 Å². The summed E-state index contributed by atoms with van der Waals surface area (Å²) in [5, 5.41) is 11.5. The molecule has 3 N–H and O–H groups in total. The third kappa shape index (κ3) is 4.56. The van der Waals surface area contributed by atoms with Gasteiger partial charge in [-0.05, 0) is 48.5 Å². The number of carbonyl (C=O) groups is 3. The first-order chi connectivity index (χ1) is 15.0. The van der Waals surface area contributed by atoms with Gasteiger partial charge in [-0.2, -0.15) is 0 Å². The van der Waals surface area contributed by atoms with Gasteiger partial charge in [-0.25, -0.2) is 14.6 Å². The van der Waals surface area contributed by atoms with E-state index in [0.29, 0.717) is 22.5 Å². The van der Waals surface area contributed by atoms with E-state index >= 15 is 0 Å². The molecule has 0 unspecified atom stereocenters. The first kappa shape index (κ1) is 19.8. The van der Waals surface area contributed by atoms with Crippen molar-refractivity contribution >= 4 is 34.6 Å². The van der Waals surface area contributed by atoms with Gasteiger partial charge in [0.15, 0.2) is 6.61 Å². The Morgan fingerprint density at radius 2 is 1.90 bits per heavy atom. The van der Waals surface area contributed by atoms with Crippen molar-refractivity contribution in [2.24, 2.45) is 0 Å². The van der Waals surface area contributed by atoms with E-state index in [1.807, 2.05) is 6.07 Å². The fourth-order valence-electron chi connectivity index (χ4n) is 2.92. The molecule has 0 saturated heterocycles. The minimum Gasteiger partial charge on any atom is -0.478 e. The smallest absolute Gasteiger partial charge is 0.338 e. The van der Waals surface area contributed by atoms with Gasteiger partial charge in [-0.3, -0.25) is 9.78 Å². The molecule has 0 spiro atoms. The third-order valence-corrected chi connectivity index (χ3v) is 4.38. The summed E-state index contributed by atoms with van der Waals surface area (Å²) in [5.74, 6) is -1.74. The van der Waals surface area contributed by atoms with Gasteiger partial charge in [0.25, 0.3) is 5.91 Å². The van der Waals surface area contributed by atoms with Crippen LogP contribution in [0, 0.1) is 0 Å². The van der Waals surface area contributed by atoms with E-state index in [-0.39, 0.29) is 11.1 Å². The number of carboxylic acid groups (broad SMARTS) is 1. The molecule has 4 aromatic rings. The highest BCUT2D eigenvalue weighted by atomic mass is 16.5. The van der Waals surface area contributed by atoms with Crippen LogP contribution in [0.2, 0.25) is 0 Å². The Morgan fingerprint density at radius 1 is 1.03 bits per heavy atom. The summed E-state index contributed by atoms with van der Waals surface area (Å²) < 4.78 is 5.07. The molecule has 9 nitrogen and oxygen atoms in total. The molecule has 2 aromatic carbocycles. The van der Waals surface area contributed by atoms with Crippen LogP contribution < -0.4 is 5.32 Å². The van der Waals surface area contributed by atoms with Crippen LogP contribution in [0.15, 0.2) is 67.0 Å². The maximum Gasteiger partial charge on any atom is 0.338 e. The molecule has 2 heterocycles. The predicted octanol–water partition coefficient (Wildman–Crippen LogP) is 3.12. The topological polar surface area (TPSA) is 134 Å². The van der Waals surface area contributed by atoms with E-state index in [1.165, 1.54) is 24.3 Å². The fourth-order valence-corrected chi connectivity index (χ4v) is 2.92. The quantitative estimate of drug-likeness (QED) is 0.411. The summed E-state index contributed by atoms with van der Waals surface area (Å²) in [6, 6.07) is 14.3. The Morgan fingerprint density at radius 3 is 2.68 bits per heavy atom. The molecule has 9 heteroatoms. The highest BCUT2D eigenvalue weighted by Crippen LogP contribution is 2.21. The molecule has 154 valence electrons. The Hall–Kier alpha value is -4.53. The van der Waals surface area contributed by atoms with Gasteiger partial charge in [-0.1, -0.05) is 6.07 Å². The molecular weight excluding hydrogens is 400 g/mol. The van der Waals surface area contributed by atoms with Crippen LogP contribution in [0.1, 0.15) is 20.7 Å². The number of imidazole rings is 1. The lowest BCUT2D eigenvalue weighted by atomic mass is 10.2. The zero-order valence-corrected chi connectivity index (χ0v) is 16.0. The Balaban J connectivity index is 1.40. The number of benzene rings is 2. The fraction of sp³-hybridized carbons (Fsp3) is 0.0455. The van der Waals surface area contributed by atoms with Crippen molar-refractivity contribution in [3.05, 3.63) is 78.1 Å². The van der Waals surface area contributed by atoms with Gasteiger partial charge in [0.1, 0.15) is 5.82 Å². The number of hydrogen-bond donors (Lipinski definition) is 3. The van der Waals surface area contributed by atoms with E-state index in [0.717, 1.165) is 5.56 Å². The van der Waals surface area contributed by atoms with Gasteiger partial charge in [0.05, 0.1) is 22.2 Å². The monoisotopic (exact) mass is 416 g/mol. The SMILES string of the molecule is O=C(COC(=O)c1ccc2nc(-c3cccnc3)[nH]c2c1)Nc1cccc(C(=O)O)c1. The van der Waals surface area contributed by atoms with Gasteiger partial charge >= 0.3 is 11.9 Å². The molecule has 1 amide bonds. The molecular formula is C22H16N4O5. The average molecular weight is 416 g/mol. The number of nitrogens with zero attached hydrogens (tertiary/aromatic N) is 2. The van der Waals surface area contributed by atoms with Crippen molar-refractivity contribution in [1.29, 1.82) is 0 Å². The number of carbonyl (C=O) groups excluding carboxylic acids is 2. The predicted molar refractivity (Wildman–Crippen MR) is 112 cm³/mol. The van der Waals surface area contributed by atoms with Gasteiger partial charge < -0.3 is 20.1 Å². The molecule has 0 saturated carbocycles. The molecule has 31 heavy (non-hydrogen) atoms. The van der Waals surface area contributed by atoms with Crippen LogP contribution >= 0.6 is 0 Å². The lowest BCUT2D eigenvalue weighted by Gasteiger charge is -2.07. The van der Waals surface area contributed by atoms with Crippen LogP contribution in [0.3, 0.4) is 0 Å². The third-order valence-electron chi connectivity index (χ3n) is 4.38. The van der Waals surface area contributed by atoms with Crippen molar-refractivity contribution in [3.8, 4) is 11.4 Å². The van der Waals surface area contributed by atoms with E-state index < -0.39 is 24.5 Å². The summed E-state index contributed by atoms with van der Waals surface area (Å²) in [6.07, 6.45) is 3.34. The molecule has 0 bridgehead atoms. The first-order valence-corrected chi connectivity index (χ1v) is 9.20. The number of aromatic amines is 1. The first-order valence-electron chi connectivity index (χ1n) is 9.20. The van der Waals surface area contributed by atoms with Crippen molar-refractivity contribution in [1.82, 2.24) is 15.0 Å². The summed E-state index contributed by atoms with van der Waals surface area (Å²) >= 11 is 0. The Bertz CT molecular complexity index is 1280. The minimum atomic E-state index is -1.11. The number of esters is 1. The molecule has 0 aliphatic carbocycles. The van der Waals surface area contributed by atoms with Crippen LogP contribution in [-0.4, -0.2) is 44.5 Å². The molecule has 0 radical (unpaired) electrons. The lowest BCUT2D eigenvalue weighted by Crippen LogP contribution is -2.21. The van der Waals surface area contributed by atoms with E-state index in [1.54, 1.807) is 36.7 Å². The summed E-state index contributed by atoms with van der Waals surface area (Å²) in [5.41, 5.74) is 2.71. The number of nitrogens with one attached hydrogen (secondary N) is 2. The molecule has 0 aliphatic heterocycles. The molecule has 0 fully saturated rings. The van der Waals surface area contributed by atoms with Gasteiger partial charge in [0, 0.05) is 23.6 Å². The van der Waals surface area contributed by atoms with Crippen LogP contribution in [0.25, 0.3) is 22.4 Å². The summed E-state index contributed by atoms with van der Waals surface area (Å²) in [6.45, 7) is -0.516. The normalized spacial score (nSPS) is 10.6. The second kappa shape index (κ2) is 8.46. The number of rotatable bonds is 6. The second-order valence-electron chi connectivity index (χ2n) is 6.57. The number of ether oxygens (including phenoxy) is 1. The second-order valence-corrected chi connectivity index (χ2v) is 6.57. The van der Waals surface area contributed by atoms with Crippen molar-refractivity contribution in [3.63, 3.8) is 0 Å². The van der Waals surface area contributed by atoms with Gasteiger partial charge in [-0.15, -0.1) is 0 Å². The zero-order chi connectivity index (χ0) is 21.8. The Kier molecular flexibility index (Phi) is 5.39. The van der Waals surface area contributed by atoms with E-state index in [9.17, 15) is 14.4 Å². The van der Waals surface area contributed by atoms with Crippen molar-refractivity contribution in [2.45, 2.75) is 0 Å². The highest BCUT2D eigenvalue weighted by molar-refractivity contribution is 5.98. The van der Waals surface area contributed by atoms with Crippen LogP contribution in [-0.2, 0) is 9.53 Å². The number of pyridine rings is 1. The number of amides is 1. The number of anilines is 1. The van der Waals surface area contributed by atoms with E-state index in [4.69, 9.17) is 9.84 Å². The number of fused-ring (bicyclic) bond motifs is 1. The van der Waals surface area contributed by atoms with Gasteiger partial charge in [0.2, 0.25) is 0 Å². The Labute approximate surface area is 175 Å². The highest BCUT2D eigenvalue weighted by Gasteiger charge is 2.13. The van der Waals surface area contributed by atoms with Crippen LogP contribution in [0.5, 0.6) is 0 Å². The summed E-state index contributed by atoms with van der Waals surface area (Å²) in [7, 11) is 0. The minimum absolute atomic E-state index is 0.0355. The van der Waals surface area contributed by atoms with Crippen LogP contribution in [0.4, 0.5) is 5.69 Å². The largest absolute Gasteiger partial charge is 0.478 e. The molecule has 0 atom stereocenters. The molecule has 2 aromatic heterocycles. The molecule has 4 rings (SSSR count). The number of H-pyrrole nitrogens is 1. The average Bonchev–Trinajstić information content (AvgIpc) is 3.21. The zero-order valence-electron chi connectivity index (χ0n) is 16.0. The van der Waals surface area contributed by atoms with Crippen molar-refractivity contribution < 1.29 is 24.2 Å². The molecule has 0 aliphatic rings. The maximum atomic E-state index is 12.3. The van der Waals surface area contributed by atoms with Crippen molar-refractivity contribution in [2.75, 3.05) is 11.9 Å². The number of carboxylic acids is 1. The number of aromatic nitrogens is 3. The summed E-state index contributed by atoms with van der Waals surface area (Å²) in [4.78, 5) is 47.0. The standard InChI is InChI=1S/C22H16N4O5/c27-19(24-16-5-1-3-13(9-16)21(28)29)12-31-22(30)14-6-7-17-18(10-14)26-20(25-17)15-4-2-8-23-11-15/h1-11H,12H2,(H,24,27)(H,25,26)(H,28,29). The number of aromatic carboxylic acids is 1. The number of hydrogen-bond acceptors (Lipinski definition) is 6.